The summed E-state index contributed by atoms with van der Waals surface area (Å²) in [6, 6.07) is 3.92. The fourth-order valence-electron chi connectivity index (χ4n) is 2.70. The van der Waals surface area contributed by atoms with Gasteiger partial charge in [-0.25, -0.2) is 0 Å². The molecule has 0 aromatic heterocycles. The highest BCUT2D eigenvalue weighted by atomic mass is 16.5. The lowest BCUT2D eigenvalue weighted by molar-refractivity contribution is 0.0905. The zero-order valence-electron chi connectivity index (χ0n) is 10.3. The van der Waals surface area contributed by atoms with Gasteiger partial charge >= 0.3 is 0 Å². The van der Waals surface area contributed by atoms with Crippen LogP contribution in [0.5, 0.6) is 5.75 Å². The van der Waals surface area contributed by atoms with Crippen LogP contribution in [0, 0.1) is 12.8 Å². The average molecular weight is 218 g/mol. The van der Waals surface area contributed by atoms with Gasteiger partial charge in [0, 0.05) is 17.0 Å². The topological polar surface area (TPSA) is 26.3 Å². The van der Waals surface area contributed by atoms with Gasteiger partial charge in [0.1, 0.15) is 5.75 Å². The van der Waals surface area contributed by atoms with Crippen molar-refractivity contribution in [3.63, 3.8) is 0 Å². The molecule has 0 radical (unpaired) electrons. The summed E-state index contributed by atoms with van der Waals surface area (Å²) < 4.78 is 5.45. The molecule has 1 aliphatic rings. The molecule has 0 saturated heterocycles. The van der Waals surface area contributed by atoms with Gasteiger partial charge in [0.2, 0.25) is 0 Å². The van der Waals surface area contributed by atoms with Gasteiger partial charge < -0.3 is 4.74 Å². The van der Waals surface area contributed by atoms with E-state index in [-0.39, 0.29) is 11.7 Å². The molecule has 86 valence electrons. The molecule has 0 unspecified atom stereocenters. The Kier molecular flexibility index (Phi) is 2.75. The summed E-state index contributed by atoms with van der Waals surface area (Å²) in [7, 11) is 1.68. The van der Waals surface area contributed by atoms with Crippen LogP contribution >= 0.6 is 0 Å². The maximum Gasteiger partial charge on any atom is 0.166 e. The Morgan fingerprint density at radius 1 is 1.25 bits per heavy atom. The molecule has 0 heterocycles. The minimum atomic E-state index is 0.134. The number of methoxy groups -OCH3 is 1. The molecule has 0 spiro atoms. The summed E-state index contributed by atoms with van der Waals surface area (Å²) >= 11 is 0. The second-order valence-corrected chi connectivity index (χ2v) is 4.78. The van der Waals surface area contributed by atoms with Gasteiger partial charge in [0.25, 0.3) is 0 Å². The standard InChI is InChI=1S/C14H18O2/c1-8-5-6-11-12(14(8)16-4)9(2)7-10(3)13(11)15/h5-6,9-10H,7H2,1-4H3/t9-,10+/m1/s1. The molecule has 1 aromatic rings. The summed E-state index contributed by atoms with van der Waals surface area (Å²) in [6.07, 6.45) is 0.922. The number of benzene rings is 1. The molecular weight excluding hydrogens is 200 g/mol. The number of carbonyl (C=O) groups is 1. The van der Waals surface area contributed by atoms with Gasteiger partial charge in [-0.1, -0.05) is 26.0 Å². The molecule has 2 rings (SSSR count). The van der Waals surface area contributed by atoms with Crippen LogP contribution in [-0.4, -0.2) is 12.9 Å². The summed E-state index contributed by atoms with van der Waals surface area (Å²) in [5.41, 5.74) is 3.06. The Morgan fingerprint density at radius 2 is 1.94 bits per heavy atom. The molecule has 1 aromatic carbocycles. The van der Waals surface area contributed by atoms with E-state index in [0.29, 0.717) is 5.92 Å². The number of aryl methyl sites for hydroxylation is 1. The second kappa shape index (κ2) is 3.93. The molecule has 1 aliphatic carbocycles. The first-order valence-corrected chi connectivity index (χ1v) is 5.78. The molecular formula is C14H18O2. The van der Waals surface area contributed by atoms with E-state index in [9.17, 15) is 4.79 Å². The maximum atomic E-state index is 12.1. The summed E-state index contributed by atoms with van der Waals surface area (Å²) in [5.74, 6) is 1.68. The van der Waals surface area contributed by atoms with Crippen molar-refractivity contribution in [3.8, 4) is 5.75 Å². The number of ketones is 1. The Morgan fingerprint density at radius 3 is 2.56 bits per heavy atom. The van der Waals surface area contributed by atoms with Crippen molar-refractivity contribution in [2.45, 2.75) is 33.1 Å². The lowest BCUT2D eigenvalue weighted by Crippen LogP contribution is -2.23. The van der Waals surface area contributed by atoms with Crippen LogP contribution in [-0.2, 0) is 0 Å². The minimum absolute atomic E-state index is 0.134. The van der Waals surface area contributed by atoms with E-state index in [4.69, 9.17) is 4.74 Å². The third-order valence-electron chi connectivity index (χ3n) is 3.51. The molecule has 0 amide bonds. The first kappa shape index (κ1) is 11.2. The number of hydrogen-bond acceptors (Lipinski definition) is 2. The maximum absolute atomic E-state index is 12.1. The van der Waals surface area contributed by atoms with Gasteiger partial charge in [0.15, 0.2) is 5.78 Å². The van der Waals surface area contributed by atoms with E-state index >= 15 is 0 Å². The number of Topliss-reactive ketones (excluding diaryl/α,β-unsaturated/α-hetero) is 1. The molecule has 0 aliphatic heterocycles. The summed E-state index contributed by atoms with van der Waals surface area (Å²) in [5, 5.41) is 0. The van der Waals surface area contributed by atoms with Crippen LogP contribution in [0.4, 0.5) is 0 Å². The molecule has 0 fully saturated rings. The zero-order valence-corrected chi connectivity index (χ0v) is 10.3. The van der Waals surface area contributed by atoms with E-state index in [1.54, 1.807) is 7.11 Å². The van der Waals surface area contributed by atoms with Crippen LogP contribution in [0.1, 0.15) is 47.7 Å². The van der Waals surface area contributed by atoms with E-state index in [2.05, 4.69) is 6.92 Å². The number of fused-ring (bicyclic) bond motifs is 1. The first-order valence-electron chi connectivity index (χ1n) is 5.78. The Balaban J connectivity index is 2.66. The molecule has 2 heteroatoms. The van der Waals surface area contributed by atoms with Crippen molar-refractivity contribution >= 4 is 5.78 Å². The van der Waals surface area contributed by atoms with Crippen molar-refractivity contribution < 1.29 is 9.53 Å². The van der Waals surface area contributed by atoms with E-state index in [1.165, 1.54) is 0 Å². The first-order chi connectivity index (χ1) is 7.56. The van der Waals surface area contributed by atoms with Crippen LogP contribution in [0.2, 0.25) is 0 Å². The zero-order chi connectivity index (χ0) is 11.9. The quantitative estimate of drug-likeness (QED) is 0.722. The van der Waals surface area contributed by atoms with E-state index < -0.39 is 0 Å². The van der Waals surface area contributed by atoms with Gasteiger partial charge in [-0.3, -0.25) is 4.79 Å². The number of hydrogen-bond donors (Lipinski definition) is 0. The van der Waals surface area contributed by atoms with Gasteiger partial charge in [-0.2, -0.15) is 0 Å². The fourth-order valence-corrected chi connectivity index (χ4v) is 2.70. The van der Waals surface area contributed by atoms with Crippen molar-refractivity contribution in [1.82, 2.24) is 0 Å². The smallest absolute Gasteiger partial charge is 0.166 e. The van der Waals surface area contributed by atoms with Gasteiger partial charge in [-0.05, 0) is 24.8 Å². The highest BCUT2D eigenvalue weighted by Gasteiger charge is 2.31. The van der Waals surface area contributed by atoms with Crippen LogP contribution in [0.25, 0.3) is 0 Å². The average Bonchev–Trinajstić information content (AvgIpc) is 2.25. The molecule has 0 saturated carbocycles. The summed E-state index contributed by atoms with van der Waals surface area (Å²) in [4.78, 5) is 12.1. The molecule has 0 bridgehead atoms. The summed E-state index contributed by atoms with van der Waals surface area (Å²) in [6.45, 7) is 6.20. The number of rotatable bonds is 1. The van der Waals surface area contributed by atoms with E-state index in [1.807, 2.05) is 26.0 Å². The van der Waals surface area contributed by atoms with Crippen LogP contribution in [0.3, 0.4) is 0 Å². The van der Waals surface area contributed by atoms with Crippen molar-refractivity contribution in [3.05, 3.63) is 28.8 Å². The Hall–Kier alpha value is -1.31. The number of carbonyl (C=O) groups excluding carboxylic acids is 1. The van der Waals surface area contributed by atoms with Crippen LogP contribution in [0.15, 0.2) is 12.1 Å². The third kappa shape index (κ3) is 1.53. The predicted molar refractivity (Wildman–Crippen MR) is 64.3 cm³/mol. The molecule has 2 atom stereocenters. The Labute approximate surface area is 96.6 Å². The predicted octanol–water partition coefficient (Wildman–Crippen LogP) is 3.33. The Bertz CT molecular complexity index is 435. The minimum Gasteiger partial charge on any atom is -0.496 e. The van der Waals surface area contributed by atoms with Crippen molar-refractivity contribution in [2.24, 2.45) is 5.92 Å². The molecule has 0 N–H and O–H groups in total. The van der Waals surface area contributed by atoms with Gasteiger partial charge in [0.05, 0.1) is 7.11 Å². The highest BCUT2D eigenvalue weighted by Crippen LogP contribution is 2.41. The lowest BCUT2D eigenvalue weighted by Gasteiger charge is -2.28. The third-order valence-corrected chi connectivity index (χ3v) is 3.51. The van der Waals surface area contributed by atoms with Crippen molar-refractivity contribution in [1.29, 1.82) is 0 Å². The van der Waals surface area contributed by atoms with E-state index in [0.717, 1.165) is 28.9 Å². The lowest BCUT2D eigenvalue weighted by atomic mass is 9.76. The SMILES string of the molecule is COc1c(C)ccc2c1[C@H](C)C[C@H](C)C2=O. The fraction of sp³-hybridized carbons (Fsp3) is 0.500. The second-order valence-electron chi connectivity index (χ2n) is 4.78. The largest absolute Gasteiger partial charge is 0.496 e. The molecule has 16 heavy (non-hydrogen) atoms. The van der Waals surface area contributed by atoms with Crippen LogP contribution < -0.4 is 4.74 Å². The molecule has 2 nitrogen and oxygen atoms in total. The monoisotopic (exact) mass is 218 g/mol. The number of ether oxygens (including phenoxy) is 1. The van der Waals surface area contributed by atoms with Crippen molar-refractivity contribution in [2.75, 3.05) is 7.11 Å². The van der Waals surface area contributed by atoms with Gasteiger partial charge in [-0.15, -0.1) is 0 Å². The normalized spacial score (nSPS) is 24.1. The highest BCUT2D eigenvalue weighted by molar-refractivity contribution is 6.01.